The molecular formula is C16H16ClNO2S. The van der Waals surface area contributed by atoms with Crippen LogP contribution in [0.3, 0.4) is 0 Å². The lowest BCUT2D eigenvalue weighted by atomic mass is 10.1. The lowest BCUT2D eigenvalue weighted by molar-refractivity contribution is 0.576. The van der Waals surface area contributed by atoms with Crippen molar-refractivity contribution in [2.24, 2.45) is 0 Å². The maximum atomic E-state index is 12.0. The second-order valence-electron chi connectivity index (χ2n) is 4.65. The highest BCUT2D eigenvalue weighted by Crippen LogP contribution is 2.18. The fourth-order valence-corrected chi connectivity index (χ4v) is 3.10. The van der Waals surface area contributed by atoms with Crippen LogP contribution in [0, 0.1) is 0 Å². The van der Waals surface area contributed by atoms with E-state index < -0.39 is 10.0 Å². The molecule has 2 aromatic rings. The van der Waals surface area contributed by atoms with Crippen LogP contribution in [0.1, 0.15) is 24.1 Å². The summed E-state index contributed by atoms with van der Waals surface area (Å²) >= 11 is 5.91. The van der Waals surface area contributed by atoms with Crippen molar-refractivity contribution in [2.45, 2.75) is 13.0 Å². The second-order valence-corrected chi connectivity index (χ2v) is 6.69. The third-order valence-corrected chi connectivity index (χ3v) is 4.34. The molecule has 21 heavy (non-hydrogen) atoms. The molecule has 0 spiro atoms. The molecule has 0 saturated carbocycles. The zero-order valence-electron chi connectivity index (χ0n) is 11.5. The van der Waals surface area contributed by atoms with Gasteiger partial charge in [-0.25, -0.2) is 13.1 Å². The average molecular weight is 322 g/mol. The first-order valence-electron chi connectivity index (χ1n) is 6.47. The van der Waals surface area contributed by atoms with Gasteiger partial charge in [-0.1, -0.05) is 54.1 Å². The minimum absolute atomic E-state index is 0.353. The summed E-state index contributed by atoms with van der Waals surface area (Å²) in [5.74, 6) is 0. The highest BCUT2D eigenvalue weighted by atomic mass is 35.5. The molecule has 5 heteroatoms. The van der Waals surface area contributed by atoms with E-state index in [-0.39, 0.29) is 6.04 Å². The van der Waals surface area contributed by atoms with Crippen LogP contribution in [-0.4, -0.2) is 8.42 Å². The Morgan fingerprint density at radius 2 is 1.81 bits per heavy atom. The summed E-state index contributed by atoms with van der Waals surface area (Å²) in [6, 6.07) is 16.0. The number of hydrogen-bond donors (Lipinski definition) is 1. The van der Waals surface area contributed by atoms with Crippen molar-refractivity contribution in [3.63, 3.8) is 0 Å². The van der Waals surface area contributed by atoms with Gasteiger partial charge >= 0.3 is 0 Å². The first-order valence-corrected chi connectivity index (χ1v) is 8.40. The molecule has 0 amide bonds. The van der Waals surface area contributed by atoms with Gasteiger partial charge in [-0.3, -0.25) is 0 Å². The Morgan fingerprint density at radius 1 is 1.10 bits per heavy atom. The van der Waals surface area contributed by atoms with Crippen LogP contribution in [0.2, 0.25) is 5.02 Å². The fraction of sp³-hybridized carbons (Fsp3) is 0.125. The summed E-state index contributed by atoms with van der Waals surface area (Å²) in [7, 11) is -3.51. The SMILES string of the molecule is CC(NS(=O)(=O)/C=C/c1ccccc1)c1cccc(Cl)c1. The summed E-state index contributed by atoms with van der Waals surface area (Å²) in [6.45, 7) is 1.78. The zero-order valence-corrected chi connectivity index (χ0v) is 13.1. The standard InChI is InChI=1S/C16H16ClNO2S/c1-13(15-8-5-9-16(17)12-15)18-21(19,20)11-10-14-6-3-2-4-7-14/h2-13,18H,1H3/b11-10+. The molecule has 0 heterocycles. The van der Waals surface area contributed by atoms with Gasteiger partial charge < -0.3 is 0 Å². The Hall–Kier alpha value is -1.62. The minimum Gasteiger partial charge on any atom is -0.208 e. The third kappa shape index (κ3) is 5.01. The molecule has 0 aliphatic rings. The second kappa shape index (κ2) is 6.89. The lowest BCUT2D eigenvalue weighted by Crippen LogP contribution is -2.24. The molecule has 0 bridgehead atoms. The molecule has 0 aromatic heterocycles. The Morgan fingerprint density at radius 3 is 2.48 bits per heavy atom. The molecule has 0 aliphatic heterocycles. The molecule has 0 fully saturated rings. The molecule has 0 aliphatic carbocycles. The number of halogens is 1. The highest BCUT2D eigenvalue weighted by Gasteiger charge is 2.13. The van der Waals surface area contributed by atoms with Crippen LogP contribution >= 0.6 is 11.6 Å². The van der Waals surface area contributed by atoms with Gasteiger partial charge in [0.05, 0.1) is 0 Å². The van der Waals surface area contributed by atoms with Crippen LogP contribution in [0.15, 0.2) is 60.0 Å². The maximum absolute atomic E-state index is 12.0. The molecule has 0 radical (unpaired) electrons. The van der Waals surface area contributed by atoms with Crippen molar-refractivity contribution >= 4 is 27.7 Å². The molecular weight excluding hydrogens is 306 g/mol. The van der Waals surface area contributed by atoms with Crippen LogP contribution in [0.25, 0.3) is 6.08 Å². The van der Waals surface area contributed by atoms with Gasteiger partial charge in [-0.15, -0.1) is 0 Å². The molecule has 2 rings (SSSR count). The van der Waals surface area contributed by atoms with Crippen LogP contribution < -0.4 is 4.72 Å². The van der Waals surface area contributed by atoms with Crippen molar-refractivity contribution in [3.8, 4) is 0 Å². The Bertz CT molecular complexity index is 727. The van der Waals surface area contributed by atoms with Crippen molar-refractivity contribution in [3.05, 3.63) is 76.2 Å². The Labute approximate surface area is 130 Å². The maximum Gasteiger partial charge on any atom is 0.234 e. The van der Waals surface area contributed by atoms with E-state index in [4.69, 9.17) is 11.6 Å². The van der Waals surface area contributed by atoms with Gasteiger partial charge in [-0.2, -0.15) is 0 Å². The largest absolute Gasteiger partial charge is 0.234 e. The van der Waals surface area contributed by atoms with Crippen LogP contribution in [0.5, 0.6) is 0 Å². The monoisotopic (exact) mass is 321 g/mol. The van der Waals surface area contributed by atoms with Gasteiger partial charge in [0.1, 0.15) is 0 Å². The average Bonchev–Trinajstić information content (AvgIpc) is 2.46. The first-order chi connectivity index (χ1) is 9.96. The zero-order chi connectivity index (χ0) is 15.3. The fourth-order valence-electron chi connectivity index (χ4n) is 1.86. The molecule has 0 saturated heterocycles. The summed E-state index contributed by atoms with van der Waals surface area (Å²) in [5, 5.41) is 1.75. The van der Waals surface area contributed by atoms with Crippen molar-refractivity contribution in [1.29, 1.82) is 0 Å². The number of benzene rings is 2. The van der Waals surface area contributed by atoms with Gasteiger partial charge in [0.15, 0.2) is 0 Å². The van der Waals surface area contributed by atoms with E-state index in [2.05, 4.69) is 4.72 Å². The van der Waals surface area contributed by atoms with E-state index in [1.165, 1.54) is 5.41 Å². The minimum atomic E-state index is -3.51. The molecule has 110 valence electrons. The number of hydrogen-bond acceptors (Lipinski definition) is 2. The third-order valence-electron chi connectivity index (χ3n) is 2.93. The van der Waals surface area contributed by atoms with E-state index in [0.717, 1.165) is 11.1 Å². The van der Waals surface area contributed by atoms with E-state index in [1.54, 1.807) is 31.2 Å². The number of nitrogens with one attached hydrogen (secondary N) is 1. The molecule has 2 aromatic carbocycles. The molecule has 1 N–H and O–H groups in total. The van der Waals surface area contributed by atoms with Crippen molar-refractivity contribution in [1.82, 2.24) is 4.72 Å². The normalized spacial score (nSPS) is 13.4. The van der Waals surface area contributed by atoms with Crippen LogP contribution in [-0.2, 0) is 10.0 Å². The lowest BCUT2D eigenvalue weighted by Gasteiger charge is -2.13. The molecule has 1 atom stereocenters. The van der Waals surface area contributed by atoms with E-state index >= 15 is 0 Å². The summed E-state index contributed by atoms with van der Waals surface area (Å²) in [5.41, 5.74) is 1.65. The number of sulfonamides is 1. The molecule has 1 unspecified atom stereocenters. The number of rotatable bonds is 5. The smallest absolute Gasteiger partial charge is 0.208 e. The van der Waals surface area contributed by atoms with Gasteiger partial charge in [0, 0.05) is 16.5 Å². The van der Waals surface area contributed by atoms with E-state index in [0.29, 0.717) is 5.02 Å². The van der Waals surface area contributed by atoms with Gasteiger partial charge in [0.25, 0.3) is 0 Å². The van der Waals surface area contributed by atoms with E-state index in [1.807, 2.05) is 36.4 Å². The van der Waals surface area contributed by atoms with Crippen LogP contribution in [0.4, 0.5) is 0 Å². The van der Waals surface area contributed by atoms with E-state index in [9.17, 15) is 8.42 Å². The Balaban J connectivity index is 2.09. The quantitative estimate of drug-likeness (QED) is 0.905. The topological polar surface area (TPSA) is 46.2 Å². The molecule has 3 nitrogen and oxygen atoms in total. The van der Waals surface area contributed by atoms with Crippen molar-refractivity contribution < 1.29 is 8.42 Å². The predicted molar refractivity (Wildman–Crippen MR) is 87.4 cm³/mol. The van der Waals surface area contributed by atoms with Crippen molar-refractivity contribution in [2.75, 3.05) is 0 Å². The van der Waals surface area contributed by atoms with Gasteiger partial charge in [-0.05, 0) is 36.3 Å². The van der Waals surface area contributed by atoms with Gasteiger partial charge in [0.2, 0.25) is 10.0 Å². The Kier molecular flexibility index (Phi) is 5.17. The summed E-state index contributed by atoms with van der Waals surface area (Å²) in [6.07, 6.45) is 1.56. The summed E-state index contributed by atoms with van der Waals surface area (Å²) in [4.78, 5) is 0. The summed E-state index contributed by atoms with van der Waals surface area (Å²) < 4.78 is 26.7. The highest BCUT2D eigenvalue weighted by molar-refractivity contribution is 7.92. The first kappa shape index (κ1) is 15.8. The predicted octanol–water partition coefficient (Wildman–Crippen LogP) is 3.99.